The zero-order valence-electron chi connectivity index (χ0n) is 13.0. The first-order valence-corrected chi connectivity index (χ1v) is 7.11. The molecule has 0 heterocycles. The molecule has 120 valence electrons. The number of benzene rings is 2. The Balaban J connectivity index is 2.11. The van der Waals surface area contributed by atoms with Crippen LogP contribution in [-0.2, 0) is 9.59 Å². The van der Waals surface area contributed by atoms with Gasteiger partial charge in [0.05, 0.1) is 12.1 Å². The topological polar surface area (TPSA) is 75.7 Å². The van der Waals surface area contributed by atoms with Gasteiger partial charge in [0.1, 0.15) is 5.75 Å². The van der Waals surface area contributed by atoms with Gasteiger partial charge in [0.2, 0.25) is 5.91 Å². The molecule has 0 aromatic heterocycles. The van der Waals surface area contributed by atoms with Crippen LogP contribution in [0.25, 0.3) is 10.8 Å². The van der Waals surface area contributed by atoms with E-state index in [0.717, 1.165) is 17.1 Å². The largest absolute Gasteiger partial charge is 0.483 e. The average Bonchev–Trinajstić information content (AvgIpc) is 2.58. The van der Waals surface area contributed by atoms with Crippen LogP contribution in [0.4, 0.5) is 0 Å². The maximum absolute atomic E-state index is 12.0. The summed E-state index contributed by atoms with van der Waals surface area (Å²) < 4.78 is 5.48. The number of likely N-dealkylation sites (N-methyl/N-ethyl adjacent to an activating group) is 2. The Kier molecular flexibility index (Phi) is 5.30. The molecule has 0 unspecified atom stereocenters. The van der Waals surface area contributed by atoms with Crippen LogP contribution in [0.15, 0.2) is 36.4 Å². The number of carbonyl (C=O) groups is 3. The summed E-state index contributed by atoms with van der Waals surface area (Å²) in [5.41, 5.74) is 0.407. The van der Waals surface area contributed by atoms with Crippen molar-refractivity contribution in [3.8, 4) is 5.75 Å². The highest BCUT2D eigenvalue weighted by atomic mass is 16.5. The molecule has 0 radical (unpaired) electrons. The Bertz CT molecular complexity index is 742. The second kappa shape index (κ2) is 7.40. The van der Waals surface area contributed by atoms with Gasteiger partial charge in [-0.2, -0.15) is 0 Å². The summed E-state index contributed by atoms with van der Waals surface area (Å²) in [6.45, 7) is -0.288. The fourth-order valence-corrected chi connectivity index (χ4v) is 2.16. The van der Waals surface area contributed by atoms with E-state index in [1.165, 1.54) is 19.0 Å². The predicted octanol–water partition coefficient (Wildman–Crippen LogP) is 1.24. The van der Waals surface area contributed by atoms with Crippen molar-refractivity contribution < 1.29 is 19.1 Å². The lowest BCUT2D eigenvalue weighted by Gasteiger charge is -2.17. The number of hydrogen-bond acceptors (Lipinski definition) is 4. The number of nitrogens with zero attached hydrogens (tertiary/aromatic N) is 1. The zero-order chi connectivity index (χ0) is 16.8. The Hall–Kier alpha value is -2.89. The molecule has 0 spiro atoms. The molecule has 0 fully saturated rings. The number of rotatable bonds is 6. The van der Waals surface area contributed by atoms with Crippen LogP contribution >= 0.6 is 0 Å². The fourth-order valence-electron chi connectivity index (χ4n) is 2.16. The number of nitrogens with one attached hydrogen (secondary N) is 1. The second-order valence-electron chi connectivity index (χ2n) is 5.03. The van der Waals surface area contributed by atoms with Crippen LogP contribution in [0.5, 0.6) is 5.75 Å². The molecule has 2 amide bonds. The lowest BCUT2D eigenvalue weighted by atomic mass is 10.0. The van der Waals surface area contributed by atoms with E-state index in [0.29, 0.717) is 11.3 Å². The van der Waals surface area contributed by atoms with E-state index in [4.69, 9.17) is 4.74 Å². The summed E-state index contributed by atoms with van der Waals surface area (Å²) in [6, 6.07) is 10.9. The molecule has 0 aliphatic carbocycles. The standard InChI is InChI=1S/C17H18N2O4/c1-18-16(21)9-19(2)17(22)11-23-15-8-7-12-5-3-4-6-13(12)14(15)10-20/h3-8,10H,9,11H2,1-2H3,(H,18,21). The number of carbonyl (C=O) groups excluding carboxylic acids is 3. The van der Waals surface area contributed by atoms with Crippen LogP contribution in [0, 0.1) is 0 Å². The van der Waals surface area contributed by atoms with Gasteiger partial charge in [-0.25, -0.2) is 0 Å². The number of aldehydes is 1. The monoisotopic (exact) mass is 314 g/mol. The molecule has 2 rings (SSSR count). The van der Waals surface area contributed by atoms with E-state index < -0.39 is 0 Å². The molecule has 1 N–H and O–H groups in total. The third-order valence-electron chi connectivity index (χ3n) is 3.49. The molecule has 6 nitrogen and oxygen atoms in total. The van der Waals surface area contributed by atoms with Crippen molar-refractivity contribution in [2.24, 2.45) is 0 Å². The van der Waals surface area contributed by atoms with E-state index in [1.807, 2.05) is 30.3 Å². The molecule has 23 heavy (non-hydrogen) atoms. The van der Waals surface area contributed by atoms with Gasteiger partial charge in [-0.1, -0.05) is 30.3 Å². The minimum absolute atomic E-state index is 0.0447. The first-order valence-electron chi connectivity index (χ1n) is 7.11. The van der Waals surface area contributed by atoms with Gasteiger partial charge >= 0.3 is 0 Å². The average molecular weight is 314 g/mol. The summed E-state index contributed by atoms with van der Waals surface area (Å²) in [4.78, 5) is 35.9. The number of fused-ring (bicyclic) bond motifs is 1. The maximum Gasteiger partial charge on any atom is 0.260 e. The van der Waals surface area contributed by atoms with Crippen molar-refractivity contribution in [1.29, 1.82) is 0 Å². The predicted molar refractivity (Wildman–Crippen MR) is 86.5 cm³/mol. The van der Waals surface area contributed by atoms with Crippen molar-refractivity contribution in [1.82, 2.24) is 10.2 Å². The number of amides is 2. The van der Waals surface area contributed by atoms with Gasteiger partial charge in [0.15, 0.2) is 12.9 Å². The van der Waals surface area contributed by atoms with E-state index in [-0.39, 0.29) is 25.0 Å². The molecule has 0 aliphatic rings. The Morgan fingerprint density at radius 2 is 1.96 bits per heavy atom. The SMILES string of the molecule is CNC(=O)CN(C)C(=O)COc1ccc2ccccc2c1C=O. The summed E-state index contributed by atoms with van der Waals surface area (Å²) in [5.74, 6) is -0.265. The molecule has 6 heteroatoms. The zero-order valence-corrected chi connectivity index (χ0v) is 13.0. The molecule has 2 aromatic carbocycles. The molecule has 0 aliphatic heterocycles. The summed E-state index contributed by atoms with van der Waals surface area (Å²) >= 11 is 0. The molecular formula is C17H18N2O4. The Morgan fingerprint density at radius 3 is 2.65 bits per heavy atom. The van der Waals surface area contributed by atoms with Gasteiger partial charge < -0.3 is 15.0 Å². The molecule has 0 saturated carbocycles. The highest BCUT2D eigenvalue weighted by molar-refractivity contribution is 6.00. The second-order valence-corrected chi connectivity index (χ2v) is 5.03. The van der Waals surface area contributed by atoms with Gasteiger partial charge in [-0.3, -0.25) is 14.4 Å². The summed E-state index contributed by atoms with van der Waals surface area (Å²) in [7, 11) is 3.02. The van der Waals surface area contributed by atoms with Crippen molar-refractivity contribution in [2.45, 2.75) is 0 Å². The minimum atomic E-state index is -0.349. The Morgan fingerprint density at radius 1 is 1.22 bits per heavy atom. The maximum atomic E-state index is 12.0. The van der Waals surface area contributed by atoms with Crippen LogP contribution < -0.4 is 10.1 Å². The quantitative estimate of drug-likeness (QED) is 0.814. The van der Waals surface area contributed by atoms with E-state index >= 15 is 0 Å². The molecule has 0 atom stereocenters. The number of ether oxygens (including phenoxy) is 1. The molecular weight excluding hydrogens is 296 g/mol. The smallest absolute Gasteiger partial charge is 0.260 e. The normalized spacial score (nSPS) is 10.2. The first-order chi connectivity index (χ1) is 11.1. The van der Waals surface area contributed by atoms with Crippen LogP contribution in [-0.4, -0.2) is 50.2 Å². The third kappa shape index (κ3) is 3.85. The van der Waals surface area contributed by atoms with Crippen molar-refractivity contribution in [3.05, 3.63) is 42.0 Å². The summed E-state index contributed by atoms with van der Waals surface area (Å²) in [5, 5.41) is 4.13. The van der Waals surface area contributed by atoms with Crippen molar-refractivity contribution >= 4 is 28.9 Å². The van der Waals surface area contributed by atoms with Gasteiger partial charge in [-0.05, 0) is 16.8 Å². The summed E-state index contributed by atoms with van der Waals surface area (Å²) in [6.07, 6.45) is 0.719. The minimum Gasteiger partial charge on any atom is -0.483 e. The highest BCUT2D eigenvalue weighted by Gasteiger charge is 2.14. The van der Waals surface area contributed by atoms with Crippen molar-refractivity contribution in [3.63, 3.8) is 0 Å². The molecule has 0 saturated heterocycles. The van der Waals surface area contributed by atoms with Crippen molar-refractivity contribution in [2.75, 3.05) is 27.2 Å². The van der Waals surface area contributed by atoms with Crippen LogP contribution in [0.3, 0.4) is 0 Å². The van der Waals surface area contributed by atoms with E-state index in [9.17, 15) is 14.4 Å². The first kappa shape index (κ1) is 16.5. The van der Waals surface area contributed by atoms with Gasteiger partial charge in [-0.15, -0.1) is 0 Å². The van der Waals surface area contributed by atoms with Crippen LogP contribution in [0.2, 0.25) is 0 Å². The number of hydrogen-bond donors (Lipinski definition) is 1. The lowest BCUT2D eigenvalue weighted by molar-refractivity contribution is -0.136. The van der Waals surface area contributed by atoms with Crippen LogP contribution in [0.1, 0.15) is 10.4 Å². The lowest BCUT2D eigenvalue weighted by Crippen LogP contribution is -2.39. The molecule has 2 aromatic rings. The van der Waals surface area contributed by atoms with E-state index in [2.05, 4.69) is 5.32 Å². The van der Waals surface area contributed by atoms with Gasteiger partial charge in [0.25, 0.3) is 5.91 Å². The fraction of sp³-hybridized carbons (Fsp3) is 0.235. The van der Waals surface area contributed by atoms with E-state index in [1.54, 1.807) is 6.07 Å². The highest BCUT2D eigenvalue weighted by Crippen LogP contribution is 2.26. The third-order valence-corrected chi connectivity index (χ3v) is 3.49. The molecule has 0 bridgehead atoms. The Labute approximate surface area is 134 Å². The van der Waals surface area contributed by atoms with Gasteiger partial charge in [0, 0.05) is 14.1 Å².